The minimum Gasteiger partial charge on any atom is -0.465 e. The maximum absolute atomic E-state index is 13.2. The largest absolute Gasteiger partial charge is 0.465 e. The summed E-state index contributed by atoms with van der Waals surface area (Å²) in [6.07, 6.45) is 7.71. The molecule has 4 fully saturated rings. The number of halogens is 1. The van der Waals surface area contributed by atoms with Gasteiger partial charge in [-0.3, -0.25) is 9.59 Å². The second-order valence-electron chi connectivity index (χ2n) is 10.7. The molecule has 0 N–H and O–H groups in total. The molecule has 2 aromatic rings. The zero-order valence-corrected chi connectivity index (χ0v) is 21.3. The van der Waals surface area contributed by atoms with Crippen LogP contribution in [0.2, 0.25) is 0 Å². The molecule has 4 nitrogen and oxygen atoms in total. The molecule has 1 aromatic heterocycles. The number of carbonyl (C=O) groups is 2. The van der Waals surface area contributed by atoms with Gasteiger partial charge >= 0.3 is 5.97 Å². The van der Waals surface area contributed by atoms with Gasteiger partial charge in [-0.2, -0.15) is 4.57 Å². The SMILES string of the molecule is Cc1c(CCOC(=O)C23C[C@@H]4C[C@@H](CC(C)(C4)C2)C3)sc[n+]1CC(=O)c1ccc(Br)cc1. The van der Waals surface area contributed by atoms with E-state index in [2.05, 4.69) is 22.9 Å². The number of benzene rings is 1. The average molecular weight is 518 g/mol. The molecule has 4 saturated carbocycles. The smallest absolute Gasteiger partial charge is 0.312 e. The van der Waals surface area contributed by atoms with Crippen molar-refractivity contribution in [2.24, 2.45) is 22.7 Å². The van der Waals surface area contributed by atoms with Gasteiger partial charge in [-0.15, -0.1) is 0 Å². The van der Waals surface area contributed by atoms with Crippen molar-refractivity contribution in [2.75, 3.05) is 6.61 Å². The first-order valence-electron chi connectivity index (χ1n) is 11.7. The summed E-state index contributed by atoms with van der Waals surface area (Å²) in [5.41, 5.74) is 3.93. The Labute approximate surface area is 202 Å². The van der Waals surface area contributed by atoms with Crippen LogP contribution in [0.3, 0.4) is 0 Å². The lowest BCUT2D eigenvalue weighted by Gasteiger charge is -2.59. The zero-order valence-electron chi connectivity index (χ0n) is 18.9. The number of carbonyl (C=O) groups excluding carboxylic acids is 2. The highest BCUT2D eigenvalue weighted by Gasteiger charge is 2.59. The van der Waals surface area contributed by atoms with Gasteiger partial charge < -0.3 is 4.74 Å². The van der Waals surface area contributed by atoms with Crippen LogP contribution in [-0.4, -0.2) is 18.4 Å². The van der Waals surface area contributed by atoms with Crippen LogP contribution in [0.15, 0.2) is 34.2 Å². The summed E-state index contributed by atoms with van der Waals surface area (Å²) < 4.78 is 8.86. The van der Waals surface area contributed by atoms with E-state index >= 15 is 0 Å². The topological polar surface area (TPSA) is 47.2 Å². The predicted octanol–water partition coefficient (Wildman–Crippen LogP) is 5.68. The van der Waals surface area contributed by atoms with E-state index in [0.29, 0.717) is 30.6 Å². The lowest BCUT2D eigenvalue weighted by atomic mass is 9.44. The molecule has 6 rings (SSSR count). The van der Waals surface area contributed by atoms with Gasteiger partial charge in [-0.1, -0.05) is 46.3 Å². The summed E-state index contributed by atoms with van der Waals surface area (Å²) in [5.74, 6) is 1.58. The molecule has 0 spiro atoms. The van der Waals surface area contributed by atoms with Crippen molar-refractivity contribution in [1.29, 1.82) is 0 Å². The van der Waals surface area contributed by atoms with E-state index in [1.54, 1.807) is 11.3 Å². The summed E-state index contributed by atoms with van der Waals surface area (Å²) in [5, 5.41) is 0. The standard InChI is InChI=1S/C26H31BrNO3S/c1-17-23(32-16-28(17)14-22(29)20-3-5-21(27)6-4-20)7-8-31-24(30)26-12-18-9-19(13-26)11-25(2,10-18)15-26/h3-6,16,18-19H,7-15H2,1-2H3/q+1/t18-,19+,25?,26?. The number of thiazole rings is 1. The molecule has 0 saturated heterocycles. The molecule has 170 valence electrons. The molecule has 4 aliphatic rings. The van der Waals surface area contributed by atoms with Gasteiger partial charge in [0, 0.05) is 23.4 Å². The molecule has 4 bridgehead atoms. The van der Waals surface area contributed by atoms with Gasteiger partial charge in [0.1, 0.15) is 0 Å². The summed E-state index contributed by atoms with van der Waals surface area (Å²) in [7, 11) is 0. The fraction of sp³-hybridized carbons (Fsp3) is 0.577. The van der Waals surface area contributed by atoms with Gasteiger partial charge in [0.05, 0.1) is 16.9 Å². The number of ether oxygens (including phenoxy) is 1. The lowest BCUT2D eigenvalue weighted by Crippen LogP contribution is -2.54. The maximum Gasteiger partial charge on any atom is 0.312 e. The Morgan fingerprint density at radius 2 is 1.84 bits per heavy atom. The lowest BCUT2D eigenvalue weighted by molar-refractivity contribution is -0.684. The second-order valence-corrected chi connectivity index (χ2v) is 12.6. The molecular weight excluding hydrogens is 486 g/mol. The average Bonchev–Trinajstić information content (AvgIpc) is 3.06. The van der Waals surface area contributed by atoms with Gasteiger partial charge in [0.25, 0.3) is 0 Å². The first-order chi connectivity index (χ1) is 15.3. The van der Waals surface area contributed by atoms with Crippen molar-refractivity contribution < 1.29 is 18.9 Å². The minimum atomic E-state index is -0.222. The van der Waals surface area contributed by atoms with Gasteiger partial charge in [-0.05, 0) is 67.9 Å². The van der Waals surface area contributed by atoms with Crippen LogP contribution < -0.4 is 4.57 Å². The quantitative estimate of drug-likeness (QED) is 0.270. The van der Waals surface area contributed by atoms with Crippen molar-refractivity contribution in [3.63, 3.8) is 0 Å². The Balaban J connectivity index is 1.17. The molecule has 2 unspecified atom stereocenters. The summed E-state index contributed by atoms with van der Waals surface area (Å²) >= 11 is 5.04. The molecule has 1 aromatic carbocycles. The number of rotatable bonds is 7. The van der Waals surface area contributed by atoms with Crippen LogP contribution >= 0.6 is 27.3 Å². The fourth-order valence-corrected chi connectivity index (χ4v) is 8.32. The monoisotopic (exact) mass is 516 g/mol. The van der Waals surface area contributed by atoms with E-state index in [1.165, 1.54) is 24.1 Å². The third-order valence-electron chi connectivity index (χ3n) is 7.99. The first-order valence-corrected chi connectivity index (χ1v) is 13.3. The van der Waals surface area contributed by atoms with Crippen molar-refractivity contribution in [3.05, 3.63) is 50.4 Å². The normalized spacial score (nSPS) is 30.5. The van der Waals surface area contributed by atoms with E-state index in [4.69, 9.17) is 4.74 Å². The number of hydrogen-bond acceptors (Lipinski definition) is 4. The zero-order chi connectivity index (χ0) is 22.5. The minimum absolute atomic E-state index is 0.0466. The van der Waals surface area contributed by atoms with Gasteiger partial charge in [-0.25, -0.2) is 0 Å². The summed E-state index contributed by atoms with van der Waals surface area (Å²) in [6, 6.07) is 7.48. The third-order valence-corrected chi connectivity index (χ3v) is 9.66. The molecule has 0 amide bonds. The molecule has 0 radical (unpaired) electrons. The Kier molecular flexibility index (Phi) is 5.81. The molecule has 0 aliphatic heterocycles. The fourth-order valence-electron chi connectivity index (χ4n) is 7.08. The van der Waals surface area contributed by atoms with Crippen molar-refractivity contribution in [1.82, 2.24) is 0 Å². The number of esters is 1. The van der Waals surface area contributed by atoms with E-state index in [-0.39, 0.29) is 17.2 Å². The second kappa shape index (κ2) is 8.35. The van der Waals surface area contributed by atoms with Crippen LogP contribution in [0.4, 0.5) is 0 Å². The molecular formula is C26H31BrNO3S+. The third kappa shape index (κ3) is 4.21. The molecule has 32 heavy (non-hydrogen) atoms. The number of ketones is 1. The Bertz CT molecular complexity index is 1030. The highest BCUT2D eigenvalue weighted by atomic mass is 79.9. The molecule has 6 heteroatoms. The van der Waals surface area contributed by atoms with Crippen LogP contribution in [0, 0.1) is 29.6 Å². The van der Waals surface area contributed by atoms with Crippen LogP contribution in [0.1, 0.15) is 66.4 Å². The van der Waals surface area contributed by atoms with E-state index < -0.39 is 0 Å². The van der Waals surface area contributed by atoms with E-state index in [1.807, 2.05) is 41.3 Å². The van der Waals surface area contributed by atoms with Crippen molar-refractivity contribution >= 4 is 39.0 Å². The first kappa shape index (κ1) is 22.3. The number of hydrogen-bond donors (Lipinski definition) is 0. The van der Waals surface area contributed by atoms with Crippen LogP contribution in [0.5, 0.6) is 0 Å². The summed E-state index contributed by atoms with van der Waals surface area (Å²) in [6.45, 7) is 5.18. The van der Waals surface area contributed by atoms with Gasteiger partial charge in [0.15, 0.2) is 5.69 Å². The highest BCUT2D eigenvalue weighted by molar-refractivity contribution is 9.10. The Hall–Kier alpha value is -1.53. The van der Waals surface area contributed by atoms with Crippen LogP contribution in [-0.2, 0) is 22.5 Å². The number of aromatic nitrogens is 1. The van der Waals surface area contributed by atoms with Gasteiger partial charge in [0.2, 0.25) is 17.8 Å². The molecule has 1 heterocycles. The molecule has 4 atom stereocenters. The number of nitrogens with zero attached hydrogens (tertiary/aromatic N) is 1. The summed E-state index contributed by atoms with van der Waals surface area (Å²) in [4.78, 5) is 27.0. The highest BCUT2D eigenvalue weighted by Crippen LogP contribution is 2.65. The number of Topliss-reactive ketones (excluding diaryl/α,β-unsaturated/α-hetero) is 1. The maximum atomic E-state index is 13.2. The Morgan fingerprint density at radius 1 is 1.16 bits per heavy atom. The Morgan fingerprint density at radius 3 is 2.50 bits per heavy atom. The van der Waals surface area contributed by atoms with E-state index in [9.17, 15) is 9.59 Å². The van der Waals surface area contributed by atoms with Crippen molar-refractivity contribution in [2.45, 2.75) is 65.3 Å². The van der Waals surface area contributed by atoms with E-state index in [0.717, 1.165) is 41.3 Å². The van der Waals surface area contributed by atoms with Crippen LogP contribution in [0.25, 0.3) is 0 Å². The van der Waals surface area contributed by atoms with Crippen molar-refractivity contribution in [3.8, 4) is 0 Å². The predicted molar refractivity (Wildman–Crippen MR) is 128 cm³/mol. The molecule has 4 aliphatic carbocycles.